The Bertz CT molecular complexity index is 1290. The Kier molecular flexibility index (Phi) is 4.70. The van der Waals surface area contributed by atoms with E-state index in [0.29, 0.717) is 62.4 Å². The molecule has 0 atom stereocenters. The number of halogens is 5. The van der Waals surface area contributed by atoms with Crippen LogP contribution in [-0.4, -0.2) is 85.2 Å². The Morgan fingerprint density at radius 2 is 1.78 bits per heavy atom. The van der Waals surface area contributed by atoms with Gasteiger partial charge >= 0.3 is 6.18 Å². The summed E-state index contributed by atoms with van der Waals surface area (Å²) in [6.07, 6.45) is -4.83. The zero-order valence-electron chi connectivity index (χ0n) is 19.8. The van der Waals surface area contributed by atoms with Gasteiger partial charge in [0.25, 0.3) is 5.91 Å². The molecule has 4 fully saturated rings. The predicted octanol–water partition coefficient (Wildman–Crippen LogP) is 2.84. The van der Waals surface area contributed by atoms with Crippen LogP contribution in [0.3, 0.4) is 0 Å². The molecule has 4 heterocycles. The van der Waals surface area contributed by atoms with E-state index < -0.39 is 42.2 Å². The molecule has 1 N–H and O–H groups in total. The fourth-order valence-electron chi connectivity index (χ4n) is 6.30. The van der Waals surface area contributed by atoms with Crippen molar-refractivity contribution < 1.29 is 27.5 Å². The Balaban J connectivity index is 1.12. The van der Waals surface area contributed by atoms with Crippen LogP contribution in [0, 0.1) is 5.41 Å². The van der Waals surface area contributed by atoms with Crippen molar-refractivity contribution in [3.05, 3.63) is 34.6 Å². The van der Waals surface area contributed by atoms with Gasteiger partial charge in [0.2, 0.25) is 5.95 Å². The zero-order chi connectivity index (χ0) is 26.0. The van der Waals surface area contributed by atoms with Gasteiger partial charge in [-0.25, -0.2) is 4.39 Å². The van der Waals surface area contributed by atoms with Crippen molar-refractivity contribution in [1.29, 1.82) is 0 Å². The average Bonchev–Trinajstić information content (AvgIpc) is 3.41. The van der Waals surface area contributed by atoms with Crippen molar-refractivity contribution in [2.45, 2.75) is 62.3 Å². The van der Waals surface area contributed by atoms with Gasteiger partial charge in [-0.1, -0.05) is 11.6 Å². The van der Waals surface area contributed by atoms with E-state index in [2.05, 4.69) is 15.1 Å². The van der Waals surface area contributed by atoms with Crippen LogP contribution in [0.1, 0.15) is 37.1 Å². The number of benzene rings is 1. The number of alkyl halides is 4. The second kappa shape index (κ2) is 7.35. The van der Waals surface area contributed by atoms with Gasteiger partial charge in [0.15, 0.2) is 17.1 Å². The number of carbonyl (C=O) groups is 1. The third kappa shape index (κ3) is 3.51. The van der Waals surface area contributed by atoms with Crippen molar-refractivity contribution in [3.8, 4) is 5.69 Å². The van der Waals surface area contributed by atoms with Crippen LogP contribution in [0.4, 0.5) is 23.5 Å². The van der Waals surface area contributed by atoms with Crippen molar-refractivity contribution in [2.24, 2.45) is 5.41 Å². The first kappa shape index (κ1) is 23.7. The van der Waals surface area contributed by atoms with E-state index in [1.807, 2.05) is 15.5 Å². The second-order valence-electron chi connectivity index (χ2n) is 11.5. The Morgan fingerprint density at radius 1 is 1.08 bits per heavy atom. The lowest BCUT2D eigenvalue weighted by molar-refractivity contribution is -0.300. The summed E-state index contributed by atoms with van der Waals surface area (Å²) in [6, 6.07) is 4.96. The molecule has 2 aliphatic carbocycles. The summed E-state index contributed by atoms with van der Waals surface area (Å²) < 4.78 is 55.8. The molecule has 198 valence electrons. The van der Waals surface area contributed by atoms with Gasteiger partial charge in [-0.3, -0.25) is 14.3 Å². The number of anilines is 1. The molecule has 2 aromatic rings. The molecule has 13 heteroatoms. The van der Waals surface area contributed by atoms with Gasteiger partial charge in [0.05, 0.1) is 12.2 Å². The molecule has 0 unspecified atom stereocenters. The number of rotatable bonds is 3. The molecule has 3 aliphatic heterocycles. The molecule has 37 heavy (non-hydrogen) atoms. The van der Waals surface area contributed by atoms with E-state index in [9.17, 15) is 27.5 Å². The molecule has 1 aromatic carbocycles. The third-order valence-corrected chi connectivity index (χ3v) is 8.89. The highest BCUT2D eigenvalue weighted by Gasteiger charge is 2.63. The van der Waals surface area contributed by atoms with Crippen molar-refractivity contribution in [3.63, 3.8) is 0 Å². The highest BCUT2D eigenvalue weighted by atomic mass is 35.5. The molecule has 7 rings (SSSR count). The smallest absolute Gasteiger partial charge is 0.380 e. The van der Waals surface area contributed by atoms with E-state index in [4.69, 9.17) is 11.6 Å². The minimum absolute atomic E-state index is 0.0825. The summed E-state index contributed by atoms with van der Waals surface area (Å²) in [7, 11) is 0. The second-order valence-corrected chi connectivity index (χ2v) is 11.9. The average molecular weight is 541 g/mol. The Labute approximate surface area is 214 Å². The number of nitrogens with zero attached hydrogens (tertiary/aromatic N) is 6. The maximum atomic E-state index is 14.1. The molecular weight excluding hydrogens is 516 g/mol. The summed E-state index contributed by atoms with van der Waals surface area (Å²) in [5.41, 5.74) is -2.75. The lowest BCUT2D eigenvalue weighted by Crippen LogP contribution is -2.74. The highest BCUT2D eigenvalue weighted by Crippen LogP contribution is 2.50. The summed E-state index contributed by atoms with van der Waals surface area (Å²) in [4.78, 5) is 17.8. The van der Waals surface area contributed by atoms with Gasteiger partial charge < -0.3 is 14.9 Å². The number of aliphatic hydroxyl groups is 1. The fraction of sp³-hybridized carbons (Fsp3) is 0.625. The highest BCUT2D eigenvalue weighted by molar-refractivity contribution is 6.30. The number of hydrogen-bond acceptors (Lipinski definition) is 6. The van der Waals surface area contributed by atoms with Gasteiger partial charge in [-0.2, -0.15) is 13.2 Å². The fourth-order valence-corrected chi connectivity index (χ4v) is 6.50. The summed E-state index contributed by atoms with van der Waals surface area (Å²) in [5, 5.41) is 19.3. The van der Waals surface area contributed by atoms with E-state index in [-0.39, 0.29) is 12.0 Å². The summed E-state index contributed by atoms with van der Waals surface area (Å²) in [5.74, 6) is 0.825. The quantitative estimate of drug-likeness (QED) is 0.604. The number of fused-ring (bicyclic) bond motifs is 3. The van der Waals surface area contributed by atoms with Crippen molar-refractivity contribution in [1.82, 2.24) is 24.6 Å². The van der Waals surface area contributed by atoms with Gasteiger partial charge in [-0.15, -0.1) is 10.2 Å². The van der Waals surface area contributed by atoms with Crippen LogP contribution in [-0.2, 0) is 17.9 Å². The number of hydrogen-bond donors (Lipinski definition) is 1. The zero-order valence-corrected chi connectivity index (χ0v) is 20.6. The van der Waals surface area contributed by atoms with E-state index >= 15 is 0 Å². The van der Waals surface area contributed by atoms with Crippen LogP contribution in [0.2, 0.25) is 5.02 Å². The minimum atomic E-state index is -4.66. The Hall–Kier alpha value is -2.44. The molecule has 5 aliphatic rings. The van der Waals surface area contributed by atoms with Gasteiger partial charge in [0, 0.05) is 62.0 Å². The minimum Gasteiger partial charge on any atom is -0.380 e. The van der Waals surface area contributed by atoms with E-state index in [1.165, 1.54) is 0 Å². The summed E-state index contributed by atoms with van der Waals surface area (Å²) >= 11 is 6.27. The predicted molar refractivity (Wildman–Crippen MR) is 124 cm³/mol. The van der Waals surface area contributed by atoms with Crippen LogP contribution < -0.4 is 4.90 Å². The maximum Gasteiger partial charge on any atom is 0.417 e. The number of carbonyl (C=O) groups excluding carboxylic acids is 1. The number of aromatic nitrogens is 3. The number of amides is 1. The number of likely N-dealkylation sites (tertiary alicyclic amines) is 1. The lowest BCUT2D eigenvalue weighted by atomic mass is 9.72. The molecule has 2 saturated carbocycles. The first-order valence-electron chi connectivity index (χ1n) is 12.4. The van der Waals surface area contributed by atoms with Gasteiger partial charge in [0.1, 0.15) is 0 Å². The molecule has 2 saturated heterocycles. The maximum absolute atomic E-state index is 14.1. The Morgan fingerprint density at radius 3 is 2.43 bits per heavy atom. The van der Waals surface area contributed by atoms with Crippen LogP contribution in [0.5, 0.6) is 0 Å². The molecule has 0 radical (unpaired) electrons. The monoisotopic (exact) mass is 540 g/mol. The third-order valence-electron chi connectivity index (χ3n) is 8.65. The van der Waals surface area contributed by atoms with Gasteiger partial charge in [-0.05, 0) is 36.6 Å². The molecule has 1 spiro atoms. The lowest BCUT2D eigenvalue weighted by Gasteiger charge is -2.60. The normalized spacial score (nSPS) is 29.5. The van der Waals surface area contributed by atoms with E-state index in [1.54, 1.807) is 17.0 Å². The van der Waals surface area contributed by atoms with Crippen molar-refractivity contribution >= 4 is 23.5 Å². The summed E-state index contributed by atoms with van der Waals surface area (Å²) in [6.45, 7) is 3.00. The van der Waals surface area contributed by atoms with Crippen LogP contribution in [0.25, 0.3) is 5.69 Å². The molecular formula is C24H25ClF4N6O2. The van der Waals surface area contributed by atoms with Crippen molar-refractivity contribution in [2.75, 3.05) is 31.1 Å². The molecule has 1 amide bonds. The van der Waals surface area contributed by atoms with Crippen LogP contribution >= 0.6 is 11.6 Å². The first-order chi connectivity index (χ1) is 17.4. The molecule has 1 aromatic heterocycles. The topological polar surface area (TPSA) is 77.7 Å². The molecule has 0 bridgehead atoms. The molecule has 8 nitrogen and oxygen atoms in total. The first-order valence-corrected chi connectivity index (χ1v) is 12.8. The SMILES string of the molecule is O=C(N1CC2(C1)CN(c1nnc3n1-c1ccc(Cl)cc1CN(C1CC(O)(C(F)(F)F)C1)C3)C2)C1(F)CC1. The van der Waals surface area contributed by atoms with Crippen LogP contribution in [0.15, 0.2) is 18.2 Å². The van der Waals surface area contributed by atoms with E-state index in [0.717, 1.165) is 11.3 Å². The largest absolute Gasteiger partial charge is 0.417 e. The standard InChI is InChI=1S/C24H25ClF4N6O2/c25-15-1-2-17-14(5-15)8-32(16-6-23(37,7-16)24(27,28)29)9-18-30-31-20(35(17)18)34-12-21(13-34)10-33(11-21)19(36)22(26)3-4-22/h1-2,5,16,37H,3-4,6-13H2.